The fraction of sp³-hybridized carbons (Fsp3) is 0.417. The van der Waals surface area contributed by atoms with E-state index in [4.69, 9.17) is 5.73 Å². The maximum atomic E-state index is 12.0. The monoisotopic (exact) mass is 375 g/mol. The molecule has 1 amide bonds. The lowest BCUT2D eigenvalue weighted by Crippen LogP contribution is -2.33. The van der Waals surface area contributed by atoms with Crippen LogP contribution in [0, 0.1) is 0 Å². The summed E-state index contributed by atoms with van der Waals surface area (Å²) in [6, 6.07) is 4.58. The summed E-state index contributed by atoms with van der Waals surface area (Å²) in [7, 11) is -3.73. The van der Waals surface area contributed by atoms with Crippen LogP contribution in [-0.2, 0) is 10.0 Å². The Morgan fingerprint density at radius 3 is 2.22 bits per heavy atom. The summed E-state index contributed by atoms with van der Waals surface area (Å²) in [5.74, 6) is -0.933. The number of hydrogen-bond acceptors (Lipinski definition) is 4. The smallest absolute Gasteiger partial charge is 0.343 e. The van der Waals surface area contributed by atoms with Crippen molar-refractivity contribution < 1.29 is 26.4 Å². The van der Waals surface area contributed by atoms with E-state index in [-0.39, 0.29) is 29.4 Å². The van der Waals surface area contributed by atoms with Gasteiger partial charge in [-0.05, 0) is 37.2 Å². The molecule has 0 aromatic heterocycles. The van der Waals surface area contributed by atoms with E-state index in [9.17, 15) is 26.4 Å². The summed E-state index contributed by atoms with van der Waals surface area (Å²) >= 11 is 0. The van der Waals surface area contributed by atoms with Crippen molar-refractivity contribution in [2.24, 2.45) is 5.73 Å². The predicted molar refractivity (Wildman–Crippen MR) is 80.9 cm³/mol. The molecule has 11 heteroatoms. The second-order valence-corrected chi connectivity index (χ2v) is 6.13. The van der Waals surface area contributed by atoms with Gasteiger partial charge in [0.15, 0.2) is 0 Å². The lowest BCUT2D eigenvalue weighted by molar-refractivity contribution is -0.123. The zero-order valence-electron chi connectivity index (χ0n) is 11.9. The molecule has 132 valence electrons. The summed E-state index contributed by atoms with van der Waals surface area (Å²) < 4.78 is 62.0. The standard InChI is InChI=1S/C12H16F3N3O3S.ClH/c13-12(14,15)8-17-11(19)9-2-4-10(5-3-9)22(20,21)18-7-1-6-16;/h2-5,18H,1,6-8,16H2,(H,17,19);1H. The first kappa shape index (κ1) is 21.6. The third-order valence-corrected chi connectivity index (χ3v) is 4.03. The van der Waals surface area contributed by atoms with E-state index in [2.05, 4.69) is 4.72 Å². The number of benzene rings is 1. The van der Waals surface area contributed by atoms with Crippen LogP contribution in [0.15, 0.2) is 29.2 Å². The predicted octanol–water partition coefficient (Wildman–Crippen LogP) is 1.03. The molecule has 0 radical (unpaired) electrons. The molecule has 0 spiro atoms. The zero-order valence-corrected chi connectivity index (χ0v) is 13.5. The van der Waals surface area contributed by atoms with Gasteiger partial charge in [0.05, 0.1) is 4.90 Å². The fourth-order valence-corrected chi connectivity index (χ4v) is 2.53. The van der Waals surface area contributed by atoms with Crippen molar-refractivity contribution in [2.45, 2.75) is 17.5 Å². The van der Waals surface area contributed by atoms with E-state index >= 15 is 0 Å². The first-order valence-corrected chi connectivity index (χ1v) is 7.79. The highest BCUT2D eigenvalue weighted by atomic mass is 35.5. The third kappa shape index (κ3) is 7.64. The highest BCUT2D eigenvalue weighted by Crippen LogP contribution is 2.14. The molecule has 0 aliphatic carbocycles. The minimum absolute atomic E-state index is 0. The Hall–Kier alpha value is -1.36. The van der Waals surface area contributed by atoms with E-state index in [0.717, 1.165) is 24.3 Å². The van der Waals surface area contributed by atoms with Gasteiger partial charge in [-0.3, -0.25) is 4.79 Å². The first-order chi connectivity index (χ1) is 10.2. The summed E-state index contributed by atoms with van der Waals surface area (Å²) in [5.41, 5.74) is 5.18. The molecule has 0 saturated heterocycles. The average molecular weight is 376 g/mol. The van der Waals surface area contributed by atoms with Crippen LogP contribution in [0.4, 0.5) is 13.2 Å². The number of nitrogens with one attached hydrogen (secondary N) is 2. The highest BCUT2D eigenvalue weighted by Gasteiger charge is 2.27. The number of halogens is 4. The van der Waals surface area contributed by atoms with Gasteiger partial charge in [0.1, 0.15) is 6.54 Å². The van der Waals surface area contributed by atoms with Crippen LogP contribution in [0.2, 0.25) is 0 Å². The summed E-state index contributed by atoms with van der Waals surface area (Å²) in [6.07, 6.45) is -4.04. The number of hydrogen-bond donors (Lipinski definition) is 3. The molecule has 1 rings (SSSR count). The van der Waals surface area contributed by atoms with E-state index in [1.807, 2.05) is 0 Å². The maximum absolute atomic E-state index is 12.0. The third-order valence-electron chi connectivity index (χ3n) is 2.55. The van der Waals surface area contributed by atoms with Crippen LogP contribution >= 0.6 is 12.4 Å². The Bertz CT molecular complexity index is 606. The van der Waals surface area contributed by atoms with Gasteiger partial charge in [-0.2, -0.15) is 13.2 Å². The summed E-state index contributed by atoms with van der Waals surface area (Å²) in [4.78, 5) is 11.4. The van der Waals surface area contributed by atoms with Gasteiger partial charge in [-0.15, -0.1) is 12.4 Å². The van der Waals surface area contributed by atoms with Crippen molar-refractivity contribution in [3.8, 4) is 0 Å². The van der Waals surface area contributed by atoms with Crippen molar-refractivity contribution >= 4 is 28.3 Å². The lowest BCUT2D eigenvalue weighted by Gasteiger charge is -2.09. The van der Waals surface area contributed by atoms with Crippen LogP contribution in [0.25, 0.3) is 0 Å². The van der Waals surface area contributed by atoms with Crippen LogP contribution < -0.4 is 15.8 Å². The van der Waals surface area contributed by atoms with Crippen molar-refractivity contribution in [3.05, 3.63) is 29.8 Å². The minimum atomic E-state index is -4.51. The van der Waals surface area contributed by atoms with Crippen LogP contribution in [-0.4, -0.2) is 40.1 Å². The van der Waals surface area contributed by atoms with Crippen molar-refractivity contribution in [2.75, 3.05) is 19.6 Å². The van der Waals surface area contributed by atoms with E-state index in [0.29, 0.717) is 13.0 Å². The Morgan fingerprint density at radius 1 is 1.17 bits per heavy atom. The van der Waals surface area contributed by atoms with Crippen molar-refractivity contribution in [1.82, 2.24) is 10.0 Å². The van der Waals surface area contributed by atoms with E-state index in [1.54, 1.807) is 5.32 Å². The highest BCUT2D eigenvalue weighted by molar-refractivity contribution is 7.89. The zero-order chi connectivity index (χ0) is 16.8. The minimum Gasteiger partial charge on any atom is -0.343 e. The van der Waals surface area contributed by atoms with Gasteiger partial charge in [-0.25, -0.2) is 13.1 Å². The molecule has 0 aliphatic rings. The molecule has 0 saturated carbocycles. The number of nitrogens with two attached hydrogens (primary N) is 1. The van der Waals surface area contributed by atoms with Crippen LogP contribution in [0.3, 0.4) is 0 Å². The second kappa shape index (κ2) is 9.06. The molecule has 23 heavy (non-hydrogen) atoms. The molecule has 0 unspecified atom stereocenters. The molecule has 0 aliphatic heterocycles. The molecule has 1 aromatic rings. The number of amides is 1. The van der Waals surface area contributed by atoms with Gasteiger partial charge < -0.3 is 11.1 Å². The average Bonchev–Trinajstić information content (AvgIpc) is 2.44. The van der Waals surface area contributed by atoms with Gasteiger partial charge in [-0.1, -0.05) is 0 Å². The molecular weight excluding hydrogens is 359 g/mol. The normalized spacial score (nSPS) is 11.7. The molecular formula is C12H17ClF3N3O3S. The molecule has 0 heterocycles. The van der Waals surface area contributed by atoms with Gasteiger partial charge in [0.25, 0.3) is 5.91 Å². The largest absolute Gasteiger partial charge is 0.405 e. The number of carbonyl (C=O) groups excluding carboxylic acids is 1. The second-order valence-electron chi connectivity index (χ2n) is 4.36. The molecule has 0 bridgehead atoms. The van der Waals surface area contributed by atoms with Gasteiger partial charge in [0, 0.05) is 12.1 Å². The number of carbonyl (C=O) groups is 1. The number of sulfonamides is 1. The van der Waals surface area contributed by atoms with Gasteiger partial charge in [0.2, 0.25) is 10.0 Å². The molecule has 1 aromatic carbocycles. The Labute approximate surface area is 138 Å². The summed E-state index contributed by atoms with van der Waals surface area (Å²) in [5, 5.41) is 1.70. The van der Waals surface area contributed by atoms with Crippen LogP contribution in [0.1, 0.15) is 16.8 Å². The van der Waals surface area contributed by atoms with E-state index in [1.165, 1.54) is 0 Å². The van der Waals surface area contributed by atoms with Crippen molar-refractivity contribution in [3.63, 3.8) is 0 Å². The molecule has 6 nitrogen and oxygen atoms in total. The Balaban J connectivity index is 0.00000484. The SMILES string of the molecule is Cl.NCCCNS(=O)(=O)c1ccc(C(=O)NCC(F)(F)F)cc1. The first-order valence-electron chi connectivity index (χ1n) is 6.30. The summed E-state index contributed by atoms with van der Waals surface area (Å²) in [6.45, 7) is -0.944. The van der Waals surface area contributed by atoms with Crippen molar-refractivity contribution in [1.29, 1.82) is 0 Å². The number of rotatable bonds is 7. The maximum Gasteiger partial charge on any atom is 0.405 e. The van der Waals surface area contributed by atoms with Crippen LogP contribution in [0.5, 0.6) is 0 Å². The quantitative estimate of drug-likeness (QED) is 0.619. The van der Waals surface area contributed by atoms with Gasteiger partial charge >= 0.3 is 6.18 Å². The topological polar surface area (TPSA) is 101 Å². The molecule has 0 fully saturated rings. The Morgan fingerprint density at radius 2 is 1.74 bits per heavy atom. The molecule has 4 N–H and O–H groups in total. The Kier molecular flexibility index (Phi) is 8.53. The molecule has 0 atom stereocenters. The number of alkyl halides is 3. The lowest BCUT2D eigenvalue weighted by atomic mass is 10.2. The van der Waals surface area contributed by atoms with E-state index < -0.39 is 28.7 Å². The fourth-order valence-electron chi connectivity index (χ4n) is 1.46.